The summed E-state index contributed by atoms with van der Waals surface area (Å²) in [6.45, 7) is 0. The van der Waals surface area contributed by atoms with Crippen LogP contribution in [0.4, 0.5) is 5.13 Å². The van der Waals surface area contributed by atoms with Gasteiger partial charge in [0.25, 0.3) is 0 Å². The third-order valence-electron chi connectivity index (χ3n) is 3.92. The number of nitrogens with zero attached hydrogens (tertiary/aromatic N) is 3. The van der Waals surface area contributed by atoms with Gasteiger partial charge in [0.2, 0.25) is 5.91 Å². The van der Waals surface area contributed by atoms with Crippen LogP contribution in [0.2, 0.25) is 0 Å². The van der Waals surface area contributed by atoms with Gasteiger partial charge in [-0.25, -0.2) is 4.98 Å². The Labute approximate surface area is 164 Å². The van der Waals surface area contributed by atoms with E-state index in [-0.39, 0.29) is 17.9 Å². The molecule has 0 bridgehead atoms. The number of phenols is 2. The fraction of sp³-hybridized carbons (Fsp3) is 0.158. The van der Waals surface area contributed by atoms with E-state index in [1.54, 1.807) is 36.9 Å². The number of aromatic hydroxyl groups is 2. The Bertz CT molecular complexity index is 1040. The van der Waals surface area contributed by atoms with Crippen LogP contribution in [0, 0.1) is 17.2 Å². The van der Waals surface area contributed by atoms with Gasteiger partial charge in [-0.05, 0) is 30.2 Å². The number of amides is 1. The molecule has 3 N–H and O–H groups in total. The molecule has 142 valence electrons. The van der Waals surface area contributed by atoms with Gasteiger partial charge in [0.05, 0.1) is 18.9 Å². The van der Waals surface area contributed by atoms with Crippen molar-refractivity contribution in [2.24, 2.45) is 5.92 Å². The van der Waals surface area contributed by atoms with Gasteiger partial charge in [0.1, 0.15) is 17.4 Å². The number of hydrogen-bond donors (Lipinski definition) is 3. The largest absolute Gasteiger partial charge is 0.504 e. The zero-order valence-electron chi connectivity index (χ0n) is 14.8. The summed E-state index contributed by atoms with van der Waals surface area (Å²) >= 11 is 1.22. The Kier molecular flexibility index (Phi) is 5.72. The van der Waals surface area contributed by atoms with E-state index in [9.17, 15) is 20.3 Å². The molecule has 0 saturated heterocycles. The van der Waals surface area contributed by atoms with Gasteiger partial charge in [0, 0.05) is 17.6 Å². The van der Waals surface area contributed by atoms with Gasteiger partial charge in [-0.1, -0.05) is 6.07 Å². The number of carbonyl (C=O) groups is 1. The normalized spacial score (nSPS) is 11.4. The highest BCUT2D eigenvalue weighted by atomic mass is 32.1. The SMILES string of the molecule is COc1ccnc(-c2csc(NC(=O)C(C#N)Cc3ccc(O)c(O)c3)n2)c1. The first-order valence-electron chi connectivity index (χ1n) is 8.17. The monoisotopic (exact) mass is 396 g/mol. The summed E-state index contributed by atoms with van der Waals surface area (Å²) in [7, 11) is 1.56. The van der Waals surface area contributed by atoms with Gasteiger partial charge >= 0.3 is 0 Å². The molecule has 2 aromatic heterocycles. The zero-order valence-corrected chi connectivity index (χ0v) is 15.6. The highest BCUT2D eigenvalue weighted by Gasteiger charge is 2.20. The number of nitrogens with one attached hydrogen (secondary N) is 1. The van der Waals surface area contributed by atoms with Crippen molar-refractivity contribution in [3.63, 3.8) is 0 Å². The lowest BCUT2D eigenvalue weighted by Gasteiger charge is -2.09. The van der Waals surface area contributed by atoms with Crippen molar-refractivity contribution in [2.75, 3.05) is 12.4 Å². The first-order chi connectivity index (χ1) is 13.5. The van der Waals surface area contributed by atoms with E-state index >= 15 is 0 Å². The molecule has 1 unspecified atom stereocenters. The van der Waals surface area contributed by atoms with Crippen molar-refractivity contribution >= 4 is 22.4 Å². The minimum absolute atomic E-state index is 0.0891. The summed E-state index contributed by atoms with van der Waals surface area (Å²) in [5, 5.41) is 33.0. The molecule has 0 spiro atoms. The molecule has 0 aliphatic carbocycles. The second-order valence-electron chi connectivity index (χ2n) is 5.82. The fourth-order valence-electron chi connectivity index (χ4n) is 2.45. The summed E-state index contributed by atoms with van der Waals surface area (Å²) in [4.78, 5) is 21.0. The van der Waals surface area contributed by atoms with E-state index in [2.05, 4.69) is 15.3 Å². The topological polar surface area (TPSA) is 128 Å². The molecule has 1 amide bonds. The first-order valence-corrected chi connectivity index (χ1v) is 9.05. The number of rotatable bonds is 6. The number of nitriles is 1. The second kappa shape index (κ2) is 8.37. The number of aromatic nitrogens is 2. The minimum Gasteiger partial charge on any atom is -0.504 e. The van der Waals surface area contributed by atoms with E-state index in [4.69, 9.17) is 4.74 Å². The average Bonchev–Trinajstić information content (AvgIpc) is 3.17. The maximum atomic E-state index is 12.4. The second-order valence-corrected chi connectivity index (χ2v) is 6.68. The molecule has 1 aromatic carbocycles. The number of benzene rings is 1. The van der Waals surface area contributed by atoms with Crippen LogP contribution in [0.1, 0.15) is 5.56 Å². The Balaban J connectivity index is 1.70. The summed E-state index contributed by atoms with van der Waals surface area (Å²) in [6.07, 6.45) is 1.69. The lowest BCUT2D eigenvalue weighted by Crippen LogP contribution is -2.23. The molecule has 0 radical (unpaired) electrons. The van der Waals surface area contributed by atoms with Crippen LogP contribution in [0.5, 0.6) is 17.2 Å². The van der Waals surface area contributed by atoms with Gasteiger partial charge < -0.3 is 20.3 Å². The quantitative estimate of drug-likeness (QED) is 0.546. The van der Waals surface area contributed by atoms with Gasteiger partial charge in [0.15, 0.2) is 16.6 Å². The van der Waals surface area contributed by atoms with Crippen LogP contribution >= 0.6 is 11.3 Å². The third-order valence-corrected chi connectivity index (χ3v) is 4.67. The highest BCUT2D eigenvalue weighted by Crippen LogP contribution is 2.28. The molecule has 9 heteroatoms. The lowest BCUT2D eigenvalue weighted by molar-refractivity contribution is -0.118. The molecule has 3 aromatic rings. The number of pyridine rings is 1. The standard InChI is InChI=1S/C19H16N4O4S/c1-27-13-4-5-21-14(8-13)15-10-28-19(22-15)23-18(26)12(9-20)6-11-2-3-16(24)17(25)7-11/h2-5,7-8,10,12,24-25H,6H2,1H3,(H,22,23,26). The summed E-state index contributed by atoms with van der Waals surface area (Å²) in [6, 6.07) is 9.58. The van der Waals surface area contributed by atoms with Crippen molar-refractivity contribution in [2.45, 2.75) is 6.42 Å². The first kappa shape index (κ1) is 19.1. The van der Waals surface area contributed by atoms with Crippen molar-refractivity contribution in [3.8, 4) is 34.7 Å². The van der Waals surface area contributed by atoms with Gasteiger partial charge in [-0.2, -0.15) is 5.26 Å². The summed E-state index contributed by atoms with van der Waals surface area (Å²) in [5.41, 5.74) is 1.74. The summed E-state index contributed by atoms with van der Waals surface area (Å²) in [5.74, 6) is -1.40. The summed E-state index contributed by atoms with van der Waals surface area (Å²) < 4.78 is 5.16. The Morgan fingerprint density at radius 3 is 2.82 bits per heavy atom. The van der Waals surface area contributed by atoms with Crippen LogP contribution < -0.4 is 10.1 Å². The molecule has 0 fully saturated rings. The highest BCUT2D eigenvalue weighted by molar-refractivity contribution is 7.14. The average molecular weight is 396 g/mol. The molecule has 1 atom stereocenters. The Morgan fingerprint density at radius 1 is 1.29 bits per heavy atom. The van der Waals surface area contributed by atoms with Crippen LogP contribution in [0.15, 0.2) is 41.9 Å². The van der Waals surface area contributed by atoms with Crippen molar-refractivity contribution in [3.05, 3.63) is 47.5 Å². The molecule has 0 aliphatic rings. The number of thiazole rings is 1. The van der Waals surface area contributed by atoms with Crippen molar-refractivity contribution in [1.29, 1.82) is 5.26 Å². The number of carbonyl (C=O) groups excluding carboxylic acids is 1. The van der Waals surface area contributed by atoms with Crippen LogP contribution in [0.25, 0.3) is 11.4 Å². The molecule has 3 rings (SSSR count). The van der Waals surface area contributed by atoms with Crippen LogP contribution in [-0.2, 0) is 11.2 Å². The van der Waals surface area contributed by atoms with E-state index < -0.39 is 11.8 Å². The Hall–Kier alpha value is -3.64. The maximum absolute atomic E-state index is 12.4. The maximum Gasteiger partial charge on any atom is 0.243 e. The Morgan fingerprint density at radius 2 is 2.11 bits per heavy atom. The predicted molar refractivity (Wildman–Crippen MR) is 103 cm³/mol. The van der Waals surface area contributed by atoms with Crippen molar-refractivity contribution < 1.29 is 19.7 Å². The molecule has 0 aliphatic heterocycles. The van der Waals surface area contributed by atoms with Gasteiger partial charge in [-0.15, -0.1) is 11.3 Å². The van der Waals surface area contributed by atoms with Crippen LogP contribution in [-0.4, -0.2) is 33.2 Å². The number of methoxy groups -OCH3 is 1. The van der Waals surface area contributed by atoms with E-state index in [1.807, 2.05) is 6.07 Å². The van der Waals surface area contributed by atoms with Crippen LogP contribution in [0.3, 0.4) is 0 Å². The minimum atomic E-state index is -0.980. The molecule has 0 saturated carbocycles. The lowest BCUT2D eigenvalue weighted by atomic mass is 9.99. The van der Waals surface area contributed by atoms with Gasteiger partial charge in [-0.3, -0.25) is 9.78 Å². The number of hydrogen-bond acceptors (Lipinski definition) is 8. The predicted octanol–water partition coefficient (Wildman–Crippen LogP) is 2.95. The fourth-order valence-corrected chi connectivity index (χ4v) is 3.16. The number of anilines is 1. The van der Waals surface area contributed by atoms with E-state index in [0.29, 0.717) is 27.8 Å². The molecule has 8 nitrogen and oxygen atoms in total. The van der Waals surface area contributed by atoms with E-state index in [1.165, 1.54) is 23.5 Å². The molecular weight excluding hydrogens is 380 g/mol. The van der Waals surface area contributed by atoms with Crippen molar-refractivity contribution in [1.82, 2.24) is 9.97 Å². The smallest absolute Gasteiger partial charge is 0.243 e. The number of ether oxygens (including phenoxy) is 1. The third kappa shape index (κ3) is 4.36. The van der Waals surface area contributed by atoms with E-state index in [0.717, 1.165) is 0 Å². The molecule has 28 heavy (non-hydrogen) atoms. The molecule has 2 heterocycles. The zero-order chi connectivity index (χ0) is 20.1. The number of phenolic OH excluding ortho intramolecular Hbond substituents is 2. The molecular formula is C19H16N4O4S.